The van der Waals surface area contributed by atoms with Crippen LogP contribution < -0.4 is 10.6 Å². The largest absolute Gasteiger partial charge is 0.325 e. The van der Waals surface area contributed by atoms with Gasteiger partial charge in [0, 0.05) is 21.8 Å². The van der Waals surface area contributed by atoms with Gasteiger partial charge in [-0.3, -0.25) is 9.59 Å². The molecule has 136 valence electrons. The SMILES string of the molecule is Cc1ccc(C(=O)Nc2ccc(SCC(=O)Nc3ccccc3)cc2)cc1. The second-order valence-corrected chi connectivity index (χ2v) is 7.10. The number of aryl methyl sites for hydroxylation is 1. The van der Waals surface area contributed by atoms with Gasteiger partial charge in [0.25, 0.3) is 5.91 Å². The molecule has 0 spiro atoms. The van der Waals surface area contributed by atoms with Crippen molar-refractivity contribution in [3.8, 4) is 0 Å². The van der Waals surface area contributed by atoms with Gasteiger partial charge < -0.3 is 10.6 Å². The Hall–Kier alpha value is -3.05. The summed E-state index contributed by atoms with van der Waals surface area (Å²) in [5, 5.41) is 5.73. The number of anilines is 2. The summed E-state index contributed by atoms with van der Waals surface area (Å²) < 4.78 is 0. The molecule has 0 heterocycles. The first kappa shape index (κ1) is 18.7. The highest BCUT2D eigenvalue weighted by molar-refractivity contribution is 8.00. The molecule has 0 aliphatic heterocycles. The van der Waals surface area contributed by atoms with Crippen LogP contribution >= 0.6 is 11.8 Å². The van der Waals surface area contributed by atoms with E-state index in [0.29, 0.717) is 11.3 Å². The summed E-state index contributed by atoms with van der Waals surface area (Å²) in [4.78, 5) is 25.2. The van der Waals surface area contributed by atoms with Crippen LogP contribution in [0.15, 0.2) is 83.8 Å². The highest BCUT2D eigenvalue weighted by Crippen LogP contribution is 2.21. The lowest BCUT2D eigenvalue weighted by atomic mass is 10.1. The van der Waals surface area contributed by atoms with E-state index in [0.717, 1.165) is 21.8 Å². The number of hydrogen-bond acceptors (Lipinski definition) is 3. The monoisotopic (exact) mass is 376 g/mol. The van der Waals surface area contributed by atoms with Crippen LogP contribution in [-0.2, 0) is 4.79 Å². The average molecular weight is 376 g/mol. The van der Waals surface area contributed by atoms with Crippen molar-refractivity contribution in [1.29, 1.82) is 0 Å². The topological polar surface area (TPSA) is 58.2 Å². The van der Waals surface area contributed by atoms with Gasteiger partial charge in [0.1, 0.15) is 0 Å². The van der Waals surface area contributed by atoms with Crippen molar-refractivity contribution in [1.82, 2.24) is 0 Å². The van der Waals surface area contributed by atoms with Gasteiger partial charge in [-0.15, -0.1) is 11.8 Å². The zero-order valence-electron chi connectivity index (χ0n) is 14.9. The second-order valence-electron chi connectivity index (χ2n) is 6.05. The van der Waals surface area contributed by atoms with E-state index in [4.69, 9.17) is 0 Å². The Morgan fingerprint density at radius 3 is 2.07 bits per heavy atom. The first-order valence-corrected chi connectivity index (χ1v) is 9.54. The van der Waals surface area contributed by atoms with Gasteiger partial charge in [0.2, 0.25) is 5.91 Å². The van der Waals surface area contributed by atoms with Crippen molar-refractivity contribution < 1.29 is 9.59 Å². The van der Waals surface area contributed by atoms with Gasteiger partial charge in [-0.2, -0.15) is 0 Å². The van der Waals surface area contributed by atoms with E-state index in [1.165, 1.54) is 11.8 Å². The number of rotatable bonds is 6. The van der Waals surface area contributed by atoms with Gasteiger partial charge in [0.05, 0.1) is 5.75 Å². The lowest BCUT2D eigenvalue weighted by molar-refractivity contribution is -0.113. The average Bonchev–Trinajstić information content (AvgIpc) is 2.69. The smallest absolute Gasteiger partial charge is 0.255 e. The first-order chi connectivity index (χ1) is 13.1. The minimum Gasteiger partial charge on any atom is -0.325 e. The molecule has 0 bridgehead atoms. The van der Waals surface area contributed by atoms with Crippen molar-refractivity contribution in [2.24, 2.45) is 0 Å². The second kappa shape index (κ2) is 9.05. The van der Waals surface area contributed by atoms with Gasteiger partial charge in [-0.05, 0) is 55.5 Å². The fourth-order valence-corrected chi connectivity index (χ4v) is 3.11. The van der Waals surface area contributed by atoms with Gasteiger partial charge in [0.15, 0.2) is 0 Å². The number of carbonyl (C=O) groups is 2. The maximum Gasteiger partial charge on any atom is 0.255 e. The van der Waals surface area contributed by atoms with Crippen LogP contribution in [-0.4, -0.2) is 17.6 Å². The molecular formula is C22H20N2O2S. The molecule has 0 unspecified atom stereocenters. The van der Waals surface area contributed by atoms with Crippen molar-refractivity contribution in [3.63, 3.8) is 0 Å². The Kier molecular flexibility index (Phi) is 6.28. The summed E-state index contributed by atoms with van der Waals surface area (Å²) in [5.74, 6) is 0.129. The van der Waals surface area contributed by atoms with E-state index in [1.807, 2.05) is 73.7 Å². The Morgan fingerprint density at radius 1 is 0.778 bits per heavy atom. The summed E-state index contributed by atoms with van der Waals surface area (Å²) in [6.45, 7) is 1.98. The third kappa shape index (κ3) is 5.72. The molecular weight excluding hydrogens is 356 g/mol. The van der Waals surface area contributed by atoms with Crippen LogP contribution in [0.2, 0.25) is 0 Å². The number of carbonyl (C=O) groups excluding carboxylic acids is 2. The van der Waals surface area contributed by atoms with E-state index >= 15 is 0 Å². The van der Waals surface area contributed by atoms with Crippen LogP contribution in [0.4, 0.5) is 11.4 Å². The van der Waals surface area contributed by atoms with Crippen LogP contribution in [0, 0.1) is 6.92 Å². The zero-order valence-corrected chi connectivity index (χ0v) is 15.8. The normalized spacial score (nSPS) is 10.3. The lowest BCUT2D eigenvalue weighted by Crippen LogP contribution is -2.13. The number of hydrogen-bond donors (Lipinski definition) is 2. The molecule has 3 rings (SSSR count). The number of amides is 2. The van der Waals surface area contributed by atoms with Crippen molar-refractivity contribution >= 4 is 35.0 Å². The zero-order chi connectivity index (χ0) is 19.1. The molecule has 4 nitrogen and oxygen atoms in total. The Bertz CT molecular complexity index is 907. The van der Waals surface area contributed by atoms with Crippen molar-refractivity contribution in [2.45, 2.75) is 11.8 Å². The molecule has 2 amide bonds. The van der Waals surface area contributed by atoms with E-state index in [1.54, 1.807) is 12.1 Å². The molecule has 0 saturated heterocycles. The summed E-state index contributed by atoms with van der Waals surface area (Å²) >= 11 is 1.45. The maximum absolute atomic E-state index is 12.2. The standard InChI is InChI=1S/C22H20N2O2S/c1-16-7-9-17(10-8-16)22(26)24-19-11-13-20(14-12-19)27-15-21(25)23-18-5-3-2-4-6-18/h2-14H,15H2,1H3,(H,23,25)(H,24,26). The van der Waals surface area contributed by atoms with Crippen molar-refractivity contribution in [2.75, 3.05) is 16.4 Å². The molecule has 0 radical (unpaired) electrons. The quantitative estimate of drug-likeness (QED) is 0.597. The van der Waals surface area contributed by atoms with Crippen molar-refractivity contribution in [3.05, 3.63) is 90.0 Å². The number of benzene rings is 3. The van der Waals surface area contributed by atoms with E-state index in [9.17, 15) is 9.59 Å². The molecule has 0 aliphatic carbocycles. The van der Waals surface area contributed by atoms with Crippen LogP contribution in [0.1, 0.15) is 15.9 Å². The number of thioether (sulfide) groups is 1. The Morgan fingerprint density at radius 2 is 1.41 bits per heavy atom. The Balaban J connectivity index is 1.50. The lowest BCUT2D eigenvalue weighted by Gasteiger charge is -2.07. The summed E-state index contributed by atoms with van der Waals surface area (Å²) in [5.41, 5.74) is 3.25. The summed E-state index contributed by atoms with van der Waals surface area (Å²) in [7, 11) is 0. The van der Waals surface area contributed by atoms with Gasteiger partial charge >= 0.3 is 0 Å². The minimum absolute atomic E-state index is 0.0528. The molecule has 0 saturated carbocycles. The molecule has 5 heteroatoms. The summed E-state index contributed by atoms with van der Waals surface area (Å²) in [6.07, 6.45) is 0. The Labute approximate surface area is 163 Å². The highest BCUT2D eigenvalue weighted by atomic mass is 32.2. The third-order valence-corrected chi connectivity index (χ3v) is 4.87. The fraction of sp³-hybridized carbons (Fsp3) is 0.0909. The highest BCUT2D eigenvalue weighted by Gasteiger charge is 2.07. The fourth-order valence-electron chi connectivity index (χ4n) is 2.41. The molecule has 27 heavy (non-hydrogen) atoms. The predicted molar refractivity (Wildman–Crippen MR) is 111 cm³/mol. The van der Waals surface area contributed by atoms with Gasteiger partial charge in [-0.1, -0.05) is 35.9 Å². The van der Waals surface area contributed by atoms with Crippen LogP contribution in [0.5, 0.6) is 0 Å². The predicted octanol–water partition coefficient (Wildman–Crippen LogP) is 4.98. The molecule has 3 aromatic carbocycles. The van der Waals surface area contributed by atoms with Gasteiger partial charge in [-0.25, -0.2) is 0 Å². The third-order valence-electron chi connectivity index (χ3n) is 3.85. The maximum atomic E-state index is 12.2. The van der Waals surface area contributed by atoms with Crippen LogP contribution in [0.25, 0.3) is 0 Å². The summed E-state index contributed by atoms with van der Waals surface area (Å²) in [6, 6.07) is 24.3. The minimum atomic E-state index is -0.141. The number of para-hydroxylation sites is 1. The number of nitrogens with one attached hydrogen (secondary N) is 2. The van der Waals surface area contributed by atoms with E-state index in [2.05, 4.69) is 10.6 Å². The van der Waals surface area contributed by atoms with E-state index in [-0.39, 0.29) is 11.8 Å². The molecule has 0 aromatic heterocycles. The molecule has 2 N–H and O–H groups in total. The van der Waals surface area contributed by atoms with E-state index < -0.39 is 0 Å². The first-order valence-electron chi connectivity index (χ1n) is 8.56. The molecule has 0 aliphatic rings. The molecule has 3 aromatic rings. The molecule has 0 fully saturated rings. The molecule has 0 atom stereocenters. The van der Waals surface area contributed by atoms with Crippen LogP contribution in [0.3, 0.4) is 0 Å².